The van der Waals surface area contributed by atoms with E-state index in [2.05, 4.69) is 4.90 Å². The zero-order chi connectivity index (χ0) is 11.8. The Balaban J connectivity index is 0.00000120. The van der Waals surface area contributed by atoms with Crippen LogP contribution in [0.15, 0.2) is 0 Å². The highest BCUT2D eigenvalue weighted by Gasteiger charge is 2.41. The number of carbonyl (C=O) groups is 1. The minimum atomic E-state index is 0. The van der Waals surface area contributed by atoms with Crippen molar-refractivity contribution in [3.63, 3.8) is 0 Å². The Hall–Kier alpha value is -0.280. The fourth-order valence-corrected chi connectivity index (χ4v) is 4.38. The van der Waals surface area contributed by atoms with Crippen molar-refractivity contribution in [3.05, 3.63) is 0 Å². The minimum Gasteiger partial charge on any atom is -0.338 e. The van der Waals surface area contributed by atoms with Crippen molar-refractivity contribution in [2.75, 3.05) is 13.1 Å². The molecule has 2 aliphatic carbocycles. The highest BCUT2D eigenvalue weighted by Crippen LogP contribution is 2.49. The normalized spacial score (nSPS) is 37.9. The summed E-state index contributed by atoms with van der Waals surface area (Å²) >= 11 is 0. The molecule has 2 bridgehead atoms. The Morgan fingerprint density at radius 3 is 2.67 bits per heavy atom. The third kappa shape index (κ3) is 2.53. The van der Waals surface area contributed by atoms with E-state index in [0.717, 1.165) is 37.6 Å². The maximum Gasteiger partial charge on any atom is 0.223 e. The summed E-state index contributed by atoms with van der Waals surface area (Å²) in [7, 11) is 0. The molecule has 3 fully saturated rings. The molecule has 4 unspecified atom stereocenters. The van der Waals surface area contributed by atoms with Gasteiger partial charge in [-0.05, 0) is 49.9 Å². The molecule has 1 aliphatic heterocycles. The Bertz CT molecular complexity index is 310. The second-order valence-corrected chi connectivity index (χ2v) is 6.26. The molecule has 0 radical (unpaired) electrons. The first-order valence-electron chi connectivity index (χ1n) is 7.27. The van der Waals surface area contributed by atoms with E-state index in [0.29, 0.717) is 24.4 Å². The summed E-state index contributed by atoms with van der Waals surface area (Å²) in [6, 6.07) is 0.334. The Kier molecular flexibility index (Phi) is 4.54. The van der Waals surface area contributed by atoms with Gasteiger partial charge in [0.1, 0.15) is 0 Å². The number of halogens is 1. The van der Waals surface area contributed by atoms with E-state index in [1.165, 1.54) is 25.7 Å². The fourth-order valence-electron chi connectivity index (χ4n) is 4.38. The lowest BCUT2D eigenvalue weighted by Gasteiger charge is -2.27. The molecule has 2 N–H and O–H groups in total. The molecule has 4 atom stereocenters. The van der Waals surface area contributed by atoms with Gasteiger partial charge in [0.15, 0.2) is 0 Å². The number of carbonyl (C=O) groups excluding carboxylic acids is 1. The third-order valence-corrected chi connectivity index (χ3v) is 5.29. The van der Waals surface area contributed by atoms with Gasteiger partial charge in [0, 0.05) is 25.6 Å². The third-order valence-electron chi connectivity index (χ3n) is 5.29. The fraction of sp³-hybridized carbons (Fsp3) is 0.929. The van der Waals surface area contributed by atoms with E-state index >= 15 is 0 Å². The van der Waals surface area contributed by atoms with Crippen LogP contribution in [0.3, 0.4) is 0 Å². The summed E-state index contributed by atoms with van der Waals surface area (Å²) in [5.41, 5.74) is 5.74. The van der Waals surface area contributed by atoms with E-state index in [-0.39, 0.29) is 12.4 Å². The van der Waals surface area contributed by atoms with Gasteiger partial charge >= 0.3 is 0 Å². The smallest absolute Gasteiger partial charge is 0.223 e. The van der Waals surface area contributed by atoms with Crippen LogP contribution in [0.4, 0.5) is 0 Å². The number of hydrogen-bond donors (Lipinski definition) is 1. The number of nitrogens with two attached hydrogens (primary N) is 1. The van der Waals surface area contributed by atoms with Gasteiger partial charge in [-0.2, -0.15) is 0 Å². The molecule has 0 spiro atoms. The van der Waals surface area contributed by atoms with Crippen LogP contribution >= 0.6 is 12.4 Å². The zero-order valence-corrected chi connectivity index (χ0v) is 11.8. The lowest BCUT2D eigenvalue weighted by molar-refractivity contribution is -0.133. The Labute approximate surface area is 116 Å². The Morgan fingerprint density at radius 2 is 2.06 bits per heavy atom. The number of amides is 1. The van der Waals surface area contributed by atoms with Crippen molar-refractivity contribution in [3.8, 4) is 0 Å². The largest absolute Gasteiger partial charge is 0.338 e. The molecule has 1 amide bonds. The minimum absolute atomic E-state index is 0. The van der Waals surface area contributed by atoms with Crippen LogP contribution in [-0.4, -0.2) is 29.9 Å². The van der Waals surface area contributed by atoms with Crippen molar-refractivity contribution in [2.45, 2.75) is 51.0 Å². The lowest BCUT2D eigenvalue weighted by Crippen LogP contribution is -2.40. The molecule has 18 heavy (non-hydrogen) atoms. The maximum absolute atomic E-state index is 12.3. The van der Waals surface area contributed by atoms with Gasteiger partial charge in [-0.1, -0.05) is 6.42 Å². The summed E-state index contributed by atoms with van der Waals surface area (Å²) < 4.78 is 0. The van der Waals surface area contributed by atoms with Crippen LogP contribution in [-0.2, 0) is 4.79 Å². The van der Waals surface area contributed by atoms with Crippen molar-refractivity contribution in [1.82, 2.24) is 4.90 Å². The van der Waals surface area contributed by atoms with Gasteiger partial charge < -0.3 is 10.6 Å². The number of fused-ring (bicyclic) bond motifs is 2. The Morgan fingerprint density at radius 1 is 1.22 bits per heavy atom. The summed E-state index contributed by atoms with van der Waals surface area (Å²) in [4.78, 5) is 14.4. The maximum atomic E-state index is 12.3. The lowest BCUT2D eigenvalue weighted by atomic mass is 9.86. The van der Waals surface area contributed by atoms with Crippen LogP contribution in [0.2, 0.25) is 0 Å². The second-order valence-electron chi connectivity index (χ2n) is 6.26. The molecule has 1 saturated heterocycles. The van der Waals surface area contributed by atoms with Gasteiger partial charge in [0.2, 0.25) is 5.91 Å². The first kappa shape index (κ1) is 14.1. The molecule has 4 heteroatoms. The zero-order valence-electron chi connectivity index (χ0n) is 11.0. The molecule has 3 nitrogen and oxygen atoms in total. The first-order valence-corrected chi connectivity index (χ1v) is 7.27. The summed E-state index contributed by atoms with van der Waals surface area (Å²) in [5.74, 6) is 2.89. The highest BCUT2D eigenvalue weighted by atomic mass is 35.5. The summed E-state index contributed by atoms with van der Waals surface area (Å²) in [5, 5.41) is 0. The van der Waals surface area contributed by atoms with Gasteiger partial charge in [0.05, 0.1) is 0 Å². The quantitative estimate of drug-likeness (QED) is 0.856. The predicted octanol–water partition coefficient (Wildman–Crippen LogP) is 2.18. The monoisotopic (exact) mass is 272 g/mol. The molecule has 0 aromatic carbocycles. The van der Waals surface area contributed by atoms with Gasteiger partial charge in [-0.25, -0.2) is 0 Å². The predicted molar refractivity (Wildman–Crippen MR) is 74.6 cm³/mol. The number of rotatable bonds is 3. The van der Waals surface area contributed by atoms with Crippen LogP contribution in [0, 0.1) is 17.8 Å². The molecular weight excluding hydrogens is 248 g/mol. The van der Waals surface area contributed by atoms with Crippen molar-refractivity contribution < 1.29 is 4.79 Å². The topological polar surface area (TPSA) is 46.3 Å². The molecule has 2 saturated carbocycles. The van der Waals surface area contributed by atoms with E-state index in [9.17, 15) is 4.79 Å². The van der Waals surface area contributed by atoms with Crippen molar-refractivity contribution in [2.24, 2.45) is 23.5 Å². The molecule has 3 aliphatic rings. The van der Waals surface area contributed by atoms with Crippen LogP contribution in [0.25, 0.3) is 0 Å². The van der Waals surface area contributed by atoms with Gasteiger partial charge in [0.25, 0.3) is 0 Å². The van der Waals surface area contributed by atoms with Gasteiger partial charge in [-0.3, -0.25) is 4.79 Å². The number of likely N-dealkylation sites (tertiary alicyclic amines) is 1. The molecule has 104 valence electrons. The van der Waals surface area contributed by atoms with Crippen molar-refractivity contribution >= 4 is 18.3 Å². The summed E-state index contributed by atoms with van der Waals surface area (Å²) in [6.07, 6.45) is 8.57. The average Bonchev–Trinajstić information content (AvgIpc) is 3.04. The van der Waals surface area contributed by atoms with E-state index < -0.39 is 0 Å². The van der Waals surface area contributed by atoms with E-state index in [4.69, 9.17) is 5.73 Å². The number of hydrogen-bond acceptors (Lipinski definition) is 2. The van der Waals surface area contributed by atoms with Crippen LogP contribution in [0.5, 0.6) is 0 Å². The molecule has 1 heterocycles. The van der Waals surface area contributed by atoms with Crippen molar-refractivity contribution in [1.29, 1.82) is 0 Å². The van der Waals surface area contributed by atoms with Gasteiger partial charge in [-0.15, -0.1) is 12.4 Å². The number of nitrogens with zero attached hydrogens (tertiary/aromatic N) is 1. The summed E-state index contributed by atoms with van der Waals surface area (Å²) in [6.45, 7) is 1.59. The van der Waals surface area contributed by atoms with Crippen LogP contribution in [0.1, 0.15) is 44.9 Å². The van der Waals surface area contributed by atoms with Crippen LogP contribution < -0.4 is 5.73 Å². The molecule has 3 rings (SSSR count). The standard InChI is InChI=1S/C14H24N2O.ClH/c15-9-13-2-1-5-16(13)14(17)8-12-7-10-3-4-11(12)6-10;/h10-13H,1-9,15H2;1H. The molecule has 0 aromatic rings. The van der Waals surface area contributed by atoms with E-state index in [1.54, 1.807) is 0 Å². The van der Waals surface area contributed by atoms with E-state index in [1.807, 2.05) is 0 Å². The molecule has 0 aromatic heterocycles. The second kappa shape index (κ2) is 5.79. The molecular formula is C14H25ClN2O. The average molecular weight is 273 g/mol. The SMILES string of the molecule is Cl.NCC1CCCN1C(=O)CC1CC2CCC1C2. The highest BCUT2D eigenvalue weighted by molar-refractivity contribution is 5.85. The first-order chi connectivity index (χ1) is 8.28.